The third kappa shape index (κ3) is 4.54. The topological polar surface area (TPSA) is 39.2 Å². The number of nitrogens with zero attached hydrogens (tertiary/aromatic N) is 1. The molecule has 2 rings (SSSR count). The molecule has 0 aliphatic rings. The minimum atomic E-state index is -4.65. The van der Waals surface area contributed by atoms with E-state index in [4.69, 9.17) is 4.74 Å². The molecule has 0 fully saturated rings. The molecular formula is C14H10Br2F3NO2. The van der Waals surface area contributed by atoms with E-state index < -0.39 is 23.1 Å². The zero-order chi connectivity index (χ0) is 15.6. The van der Waals surface area contributed by atoms with Crippen molar-refractivity contribution in [1.82, 2.24) is 4.98 Å². The highest BCUT2D eigenvalue weighted by molar-refractivity contribution is 9.10. The summed E-state index contributed by atoms with van der Waals surface area (Å²) < 4.78 is 44.9. The monoisotopic (exact) mass is 439 g/mol. The molecule has 0 radical (unpaired) electrons. The van der Waals surface area contributed by atoms with Crippen molar-refractivity contribution in [3.63, 3.8) is 0 Å². The van der Waals surface area contributed by atoms with Crippen LogP contribution in [-0.2, 0) is 6.18 Å². The van der Waals surface area contributed by atoms with E-state index in [2.05, 4.69) is 20.9 Å². The molecular weight excluding hydrogens is 431 g/mol. The van der Waals surface area contributed by atoms with E-state index >= 15 is 0 Å². The van der Waals surface area contributed by atoms with Gasteiger partial charge in [-0.25, -0.2) is 4.98 Å². The molecule has 0 saturated heterocycles. The van der Waals surface area contributed by atoms with E-state index in [1.54, 1.807) is 24.3 Å². The lowest BCUT2D eigenvalue weighted by Crippen LogP contribution is -2.12. The fourth-order valence-corrected chi connectivity index (χ4v) is 1.89. The third-order valence-corrected chi connectivity index (χ3v) is 3.13. The van der Waals surface area contributed by atoms with Crippen molar-refractivity contribution in [2.24, 2.45) is 0 Å². The van der Waals surface area contributed by atoms with Gasteiger partial charge in [-0.1, -0.05) is 15.9 Å². The lowest BCUT2D eigenvalue weighted by Gasteiger charge is -2.12. The zero-order valence-corrected chi connectivity index (χ0v) is 14.4. The van der Waals surface area contributed by atoms with E-state index in [0.717, 1.165) is 23.7 Å². The van der Waals surface area contributed by atoms with Gasteiger partial charge in [0.1, 0.15) is 5.75 Å². The van der Waals surface area contributed by atoms with Crippen LogP contribution in [0.3, 0.4) is 0 Å². The van der Waals surface area contributed by atoms with E-state index in [9.17, 15) is 18.0 Å². The van der Waals surface area contributed by atoms with Crippen LogP contribution in [0.4, 0.5) is 13.2 Å². The van der Waals surface area contributed by atoms with Gasteiger partial charge in [0, 0.05) is 22.3 Å². The lowest BCUT2D eigenvalue weighted by atomic mass is 10.1. The average molecular weight is 441 g/mol. The largest absolute Gasteiger partial charge is 0.439 e. The normalized spacial score (nSPS) is 10.8. The first kappa shape index (κ1) is 18.6. The number of pyridine rings is 1. The van der Waals surface area contributed by atoms with Crippen LogP contribution in [0.25, 0.3) is 0 Å². The number of ether oxygens (including phenoxy) is 1. The summed E-state index contributed by atoms with van der Waals surface area (Å²) in [6, 6.07) is 7.25. The van der Waals surface area contributed by atoms with Crippen molar-refractivity contribution >= 4 is 38.7 Å². The van der Waals surface area contributed by atoms with Crippen molar-refractivity contribution in [3.05, 3.63) is 52.1 Å². The number of ketones is 1. The first-order chi connectivity index (χ1) is 9.77. The second kappa shape index (κ2) is 7.23. The summed E-state index contributed by atoms with van der Waals surface area (Å²) >= 11 is 3.24. The first-order valence-electron chi connectivity index (χ1n) is 5.79. The van der Waals surface area contributed by atoms with Crippen LogP contribution in [0.1, 0.15) is 22.8 Å². The molecule has 1 heterocycles. The highest BCUT2D eigenvalue weighted by Gasteiger charge is 2.35. The number of alkyl halides is 3. The number of hydrogen-bond acceptors (Lipinski definition) is 3. The molecule has 0 amide bonds. The Balaban J connectivity index is 0.00000242. The smallest absolute Gasteiger partial charge is 0.417 e. The molecule has 118 valence electrons. The number of rotatable bonds is 3. The molecule has 2 aromatic rings. The quantitative estimate of drug-likeness (QED) is 0.597. The predicted octanol–water partition coefficient (Wildman–Crippen LogP) is 5.44. The highest BCUT2D eigenvalue weighted by Crippen LogP contribution is 2.34. The van der Waals surface area contributed by atoms with E-state index in [1.807, 2.05) is 0 Å². The molecule has 22 heavy (non-hydrogen) atoms. The first-order valence-corrected chi connectivity index (χ1v) is 6.58. The predicted molar refractivity (Wildman–Crippen MR) is 83.8 cm³/mol. The van der Waals surface area contributed by atoms with Gasteiger partial charge in [0.15, 0.2) is 5.78 Å². The SMILES string of the molecule is Br.CC(=O)c1cnc(Oc2ccc(Br)cc2)cc1C(F)(F)F. The molecule has 1 aromatic heterocycles. The molecule has 0 atom stereocenters. The number of carbonyl (C=O) groups excluding carboxylic acids is 1. The van der Waals surface area contributed by atoms with Crippen molar-refractivity contribution in [1.29, 1.82) is 0 Å². The van der Waals surface area contributed by atoms with Gasteiger partial charge in [-0.15, -0.1) is 17.0 Å². The standard InChI is InChI=1S/C14H9BrF3NO2.BrH/c1-8(20)11-7-19-13(6-12(11)14(16,17)18)21-10-4-2-9(15)3-5-10;/h2-7H,1H3;1H. The number of hydrogen-bond donors (Lipinski definition) is 0. The minimum absolute atomic E-state index is 0. The average Bonchev–Trinajstić information content (AvgIpc) is 2.40. The van der Waals surface area contributed by atoms with Crippen molar-refractivity contribution < 1.29 is 22.7 Å². The second-order valence-electron chi connectivity index (χ2n) is 4.18. The molecule has 8 heteroatoms. The summed E-state index contributed by atoms with van der Waals surface area (Å²) in [5.74, 6) is -0.589. The molecule has 3 nitrogen and oxygen atoms in total. The Hall–Kier alpha value is -1.41. The van der Waals surface area contributed by atoms with Gasteiger partial charge in [0.05, 0.1) is 5.56 Å². The van der Waals surface area contributed by atoms with Gasteiger partial charge < -0.3 is 4.74 Å². The second-order valence-corrected chi connectivity index (χ2v) is 5.09. The van der Waals surface area contributed by atoms with Crippen molar-refractivity contribution in [2.45, 2.75) is 13.1 Å². The molecule has 0 bridgehead atoms. The maximum atomic E-state index is 12.9. The summed E-state index contributed by atoms with van der Waals surface area (Å²) in [4.78, 5) is 15.0. The minimum Gasteiger partial charge on any atom is -0.439 e. The zero-order valence-electron chi connectivity index (χ0n) is 11.1. The van der Waals surface area contributed by atoms with Gasteiger partial charge in [0.25, 0.3) is 0 Å². The van der Waals surface area contributed by atoms with Crippen molar-refractivity contribution in [3.8, 4) is 11.6 Å². The van der Waals surface area contributed by atoms with Crippen LogP contribution in [0.5, 0.6) is 11.6 Å². The van der Waals surface area contributed by atoms with Crippen molar-refractivity contribution in [2.75, 3.05) is 0 Å². The third-order valence-electron chi connectivity index (χ3n) is 2.60. The molecule has 0 saturated carbocycles. The Morgan fingerprint density at radius 3 is 2.32 bits per heavy atom. The molecule has 0 spiro atoms. The lowest BCUT2D eigenvalue weighted by molar-refractivity contribution is -0.138. The van der Waals surface area contributed by atoms with Crippen LogP contribution < -0.4 is 4.74 Å². The number of halogens is 5. The van der Waals surface area contributed by atoms with Gasteiger partial charge >= 0.3 is 6.18 Å². The van der Waals surface area contributed by atoms with Crippen LogP contribution in [-0.4, -0.2) is 10.8 Å². The van der Waals surface area contributed by atoms with Gasteiger partial charge in [-0.05, 0) is 31.2 Å². The van der Waals surface area contributed by atoms with Crippen LogP contribution in [0.15, 0.2) is 41.0 Å². The molecule has 0 unspecified atom stereocenters. The van der Waals surface area contributed by atoms with Gasteiger partial charge in [-0.2, -0.15) is 13.2 Å². The van der Waals surface area contributed by atoms with Crippen LogP contribution in [0.2, 0.25) is 0 Å². The number of carbonyl (C=O) groups is 1. The van der Waals surface area contributed by atoms with E-state index in [1.165, 1.54) is 0 Å². The maximum Gasteiger partial charge on any atom is 0.417 e. The van der Waals surface area contributed by atoms with Gasteiger partial charge in [0.2, 0.25) is 5.88 Å². The Morgan fingerprint density at radius 2 is 1.82 bits per heavy atom. The fraction of sp³-hybridized carbons (Fsp3) is 0.143. The molecule has 1 aromatic carbocycles. The Bertz CT molecular complexity index is 673. The molecule has 0 aliphatic carbocycles. The maximum absolute atomic E-state index is 12.9. The number of Topliss-reactive ketones (excluding diaryl/α,β-unsaturated/α-hetero) is 1. The number of benzene rings is 1. The summed E-state index contributed by atoms with van der Waals surface area (Å²) in [6.07, 6.45) is -3.78. The molecule has 0 N–H and O–H groups in total. The summed E-state index contributed by atoms with van der Waals surface area (Å²) in [7, 11) is 0. The van der Waals surface area contributed by atoms with Crippen LogP contribution in [0, 0.1) is 0 Å². The van der Waals surface area contributed by atoms with Crippen LogP contribution >= 0.6 is 32.9 Å². The van der Waals surface area contributed by atoms with E-state index in [-0.39, 0.29) is 22.9 Å². The Labute approximate surface area is 143 Å². The number of aromatic nitrogens is 1. The van der Waals surface area contributed by atoms with Gasteiger partial charge in [-0.3, -0.25) is 4.79 Å². The summed E-state index contributed by atoms with van der Waals surface area (Å²) in [5.41, 5.74) is -1.54. The molecule has 0 aliphatic heterocycles. The summed E-state index contributed by atoms with van der Waals surface area (Å²) in [6.45, 7) is 1.06. The fourth-order valence-electron chi connectivity index (χ4n) is 1.63. The summed E-state index contributed by atoms with van der Waals surface area (Å²) in [5, 5.41) is 0. The Kier molecular flexibility index (Phi) is 6.13. The van der Waals surface area contributed by atoms with E-state index in [0.29, 0.717) is 5.75 Å². The highest BCUT2D eigenvalue weighted by atomic mass is 79.9. The Morgan fingerprint density at radius 1 is 1.23 bits per heavy atom.